The van der Waals surface area contributed by atoms with Crippen LogP contribution in [0.15, 0.2) is 93.3 Å². The lowest BCUT2D eigenvalue weighted by Crippen LogP contribution is -2.39. The molecule has 0 unspecified atom stereocenters. The minimum atomic E-state index is -3.94. The molecule has 6 nitrogen and oxygen atoms in total. The number of aryl methyl sites for hydroxylation is 1. The van der Waals surface area contributed by atoms with Gasteiger partial charge in [-0.05, 0) is 61.4 Å². The summed E-state index contributed by atoms with van der Waals surface area (Å²) in [6, 6.07) is 22.6. The molecule has 0 heterocycles. The summed E-state index contributed by atoms with van der Waals surface area (Å²) in [6.45, 7) is 3.22. The number of hydrazone groups is 1. The number of carbonyl (C=O) groups excluding carboxylic acids is 1. The molecule has 0 saturated heterocycles. The van der Waals surface area contributed by atoms with Crippen molar-refractivity contribution in [2.45, 2.75) is 18.7 Å². The normalized spacial score (nSPS) is 11.8. The summed E-state index contributed by atoms with van der Waals surface area (Å²) in [4.78, 5) is 12.8. The first-order valence-electron chi connectivity index (χ1n) is 9.51. The molecule has 0 aromatic heterocycles. The second-order valence-electron chi connectivity index (χ2n) is 6.91. The highest BCUT2D eigenvalue weighted by atomic mass is 79.9. The third-order valence-corrected chi connectivity index (χ3v) is 6.78. The Morgan fingerprint density at radius 2 is 1.71 bits per heavy atom. The molecule has 1 N–H and O–H groups in total. The lowest BCUT2D eigenvalue weighted by molar-refractivity contribution is -0.119. The average molecular weight is 500 g/mol. The second kappa shape index (κ2) is 9.89. The Bertz CT molecular complexity index is 1210. The molecule has 0 atom stereocenters. The highest BCUT2D eigenvalue weighted by Crippen LogP contribution is 2.24. The fourth-order valence-electron chi connectivity index (χ4n) is 2.91. The fraction of sp³-hybridized carbons (Fsp3) is 0.130. The maximum atomic E-state index is 13.3. The molecule has 0 saturated carbocycles. The van der Waals surface area contributed by atoms with Gasteiger partial charge in [-0.25, -0.2) is 13.8 Å². The first-order valence-corrected chi connectivity index (χ1v) is 11.7. The zero-order valence-electron chi connectivity index (χ0n) is 17.1. The topological polar surface area (TPSA) is 78.8 Å². The van der Waals surface area contributed by atoms with E-state index in [0.717, 1.165) is 19.9 Å². The van der Waals surface area contributed by atoms with Crippen molar-refractivity contribution in [1.82, 2.24) is 5.43 Å². The van der Waals surface area contributed by atoms with Crippen molar-refractivity contribution >= 4 is 43.3 Å². The van der Waals surface area contributed by atoms with Gasteiger partial charge in [0.15, 0.2) is 0 Å². The van der Waals surface area contributed by atoms with Gasteiger partial charge in [-0.1, -0.05) is 58.4 Å². The molecular formula is C23H22BrN3O3S. The first-order chi connectivity index (χ1) is 14.8. The third-order valence-electron chi connectivity index (χ3n) is 4.50. The molecular weight excluding hydrogens is 478 g/mol. The lowest BCUT2D eigenvalue weighted by atomic mass is 10.1. The predicted molar refractivity (Wildman–Crippen MR) is 127 cm³/mol. The number of nitrogens with one attached hydrogen (secondary N) is 1. The zero-order valence-corrected chi connectivity index (χ0v) is 19.5. The van der Waals surface area contributed by atoms with E-state index in [-0.39, 0.29) is 4.90 Å². The van der Waals surface area contributed by atoms with Crippen LogP contribution >= 0.6 is 15.9 Å². The minimum absolute atomic E-state index is 0.109. The van der Waals surface area contributed by atoms with Crippen molar-refractivity contribution in [3.05, 3.63) is 94.5 Å². The van der Waals surface area contributed by atoms with Crippen LogP contribution in [-0.2, 0) is 14.8 Å². The summed E-state index contributed by atoms with van der Waals surface area (Å²) in [5.74, 6) is -0.546. The standard InChI is InChI=1S/C23H22BrN3O3S/c1-17-8-6-11-21(14-17)27(31(29,30)22-12-4-3-5-13-22)16-23(28)26-25-18(2)19-9-7-10-20(24)15-19/h3-15H,16H2,1-2H3,(H,26,28)/b25-18-. The number of nitrogens with zero attached hydrogens (tertiary/aromatic N) is 2. The molecule has 0 fully saturated rings. The van der Waals surface area contributed by atoms with Crippen molar-refractivity contribution in [2.24, 2.45) is 5.10 Å². The average Bonchev–Trinajstić information content (AvgIpc) is 2.76. The van der Waals surface area contributed by atoms with Crippen molar-refractivity contribution in [2.75, 3.05) is 10.8 Å². The van der Waals surface area contributed by atoms with E-state index in [9.17, 15) is 13.2 Å². The van der Waals surface area contributed by atoms with Gasteiger partial charge < -0.3 is 0 Å². The number of sulfonamides is 1. The molecule has 0 aliphatic carbocycles. The van der Waals surface area contributed by atoms with E-state index in [0.29, 0.717) is 11.4 Å². The van der Waals surface area contributed by atoms with Crippen LogP contribution in [0.1, 0.15) is 18.1 Å². The van der Waals surface area contributed by atoms with Gasteiger partial charge in [-0.2, -0.15) is 5.10 Å². The van der Waals surface area contributed by atoms with Crippen LogP contribution < -0.4 is 9.73 Å². The van der Waals surface area contributed by atoms with Crippen LogP contribution in [0.4, 0.5) is 5.69 Å². The summed E-state index contributed by atoms with van der Waals surface area (Å²) in [5, 5.41) is 4.13. The van der Waals surface area contributed by atoms with E-state index in [1.54, 1.807) is 43.3 Å². The van der Waals surface area contributed by atoms with Gasteiger partial charge in [0.25, 0.3) is 15.9 Å². The van der Waals surface area contributed by atoms with Crippen LogP contribution in [0.2, 0.25) is 0 Å². The molecule has 8 heteroatoms. The Hall–Kier alpha value is -2.97. The number of amides is 1. The summed E-state index contributed by atoms with van der Waals surface area (Å²) in [5.41, 5.74) is 5.19. The number of benzene rings is 3. The smallest absolute Gasteiger partial charge is 0.264 e. The van der Waals surface area contributed by atoms with Crippen LogP contribution in [0.25, 0.3) is 0 Å². The van der Waals surface area contributed by atoms with Gasteiger partial charge in [0.05, 0.1) is 16.3 Å². The van der Waals surface area contributed by atoms with Crippen molar-refractivity contribution in [1.29, 1.82) is 0 Å². The monoisotopic (exact) mass is 499 g/mol. The maximum absolute atomic E-state index is 13.3. The second-order valence-corrected chi connectivity index (χ2v) is 9.68. The van der Waals surface area contributed by atoms with E-state index in [1.807, 2.05) is 37.3 Å². The molecule has 31 heavy (non-hydrogen) atoms. The Balaban J connectivity index is 1.87. The number of carbonyl (C=O) groups is 1. The Morgan fingerprint density at radius 3 is 2.39 bits per heavy atom. The number of hydrogen-bond acceptors (Lipinski definition) is 4. The molecule has 0 aliphatic heterocycles. The summed E-state index contributed by atoms with van der Waals surface area (Å²) >= 11 is 3.40. The van der Waals surface area contributed by atoms with Gasteiger partial charge >= 0.3 is 0 Å². The Labute approximate surface area is 190 Å². The summed E-state index contributed by atoms with van der Waals surface area (Å²) in [7, 11) is -3.94. The minimum Gasteiger partial charge on any atom is -0.271 e. The van der Waals surface area contributed by atoms with Crippen LogP contribution in [0.5, 0.6) is 0 Å². The molecule has 3 aromatic rings. The number of hydrogen-bond donors (Lipinski definition) is 1. The molecule has 0 aliphatic rings. The van der Waals surface area contributed by atoms with E-state index >= 15 is 0 Å². The van der Waals surface area contributed by atoms with E-state index in [2.05, 4.69) is 26.5 Å². The Morgan fingerprint density at radius 1 is 1.00 bits per heavy atom. The van der Waals surface area contributed by atoms with Crippen LogP contribution in [0, 0.1) is 6.92 Å². The predicted octanol–water partition coefficient (Wildman–Crippen LogP) is 4.49. The fourth-order valence-corrected chi connectivity index (χ4v) is 4.74. The van der Waals surface area contributed by atoms with E-state index in [4.69, 9.17) is 0 Å². The summed E-state index contributed by atoms with van der Waals surface area (Å²) < 4.78 is 28.5. The van der Waals surface area contributed by atoms with Gasteiger partial charge in [0.2, 0.25) is 0 Å². The van der Waals surface area contributed by atoms with E-state index < -0.39 is 22.5 Å². The number of anilines is 1. The highest BCUT2D eigenvalue weighted by molar-refractivity contribution is 9.10. The van der Waals surface area contributed by atoms with E-state index in [1.165, 1.54) is 12.1 Å². The molecule has 1 amide bonds. The quantitative estimate of drug-likeness (QED) is 0.384. The highest BCUT2D eigenvalue weighted by Gasteiger charge is 2.27. The van der Waals surface area contributed by atoms with Gasteiger partial charge in [-0.3, -0.25) is 9.10 Å². The SMILES string of the molecule is C/C(=N/NC(=O)CN(c1cccc(C)c1)S(=O)(=O)c1ccccc1)c1cccc(Br)c1. The molecule has 3 aromatic carbocycles. The summed E-state index contributed by atoms with van der Waals surface area (Å²) in [6.07, 6.45) is 0. The van der Waals surface area contributed by atoms with Gasteiger partial charge in [-0.15, -0.1) is 0 Å². The molecule has 3 rings (SSSR count). The third kappa shape index (κ3) is 5.80. The Kier molecular flexibility index (Phi) is 7.25. The van der Waals surface area contributed by atoms with Crippen molar-refractivity contribution in [3.63, 3.8) is 0 Å². The molecule has 0 spiro atoms. The van der Waals surface area contributed by atoms with Crippen LogP contribution in [-0.4, -0.2) is 26.6 Å². The molecule has 0 radical (unpaired) electrons. The zero-order chi connectivity index (χ0) is 22.4. The van der Waals surface area contributed by atoms with Gasteiger partial charge in [0, 0.05) is 4.47 Å². The number of halogens is 1. The lowest BCUT2D eigenvalue weighted by Gasteiger charge is -2.24. The maximum Gasteiger partial charge on any atom is 0.264 e. The van der Waals surface area contributed by atoms with Crippen molar-refractivity contribution < 1.29 is 13.2 Å². The van der Waals surface area contributed by atoms with Crippen molar-refractivity contribution in [3.8, 4) is 0 Å². The largest absolute Gasteiger partial charge is 0.271 e. The number of rotatable bonds is 7. The first kappa shape index (κ1) is 22.7. The van der Waals surface area contributed by atoms with Gasteiger partial charge in [0.1, 0.15) is 6.54 Å². The molecule has 160 valence electrons. The van der Waals surface area contributed by atoms with Crippen LogP contribution in [0.3, 0.4) is 0 Å². The molecule has 0 bridgehead atoms.